The van der Waals surface area contributed by atoms with E-state index in [1.54, 1.807) is 6.08 Å². The summed E-state index contributed by atoms with van der Waals surface area (Å²) >= 11 is -0.230. The number of anilines is 2. The van der Waals surface area contributed by atoms with Crippen LogP contribution in [0.25, 0.3) is 17.2 Å². The molecule has 0 bridgehead atoms. The first-order valence-corrected chi connectivity index (χ1v) is 14.1. The predicted molar refractivity (Wildman–Crippen MR) is 139 cm³/mol. The molecule has 35 heavy (non-hydrogen) atoms. The van der Waals surface area contributed by atoms with Crippen LogP contribution in [0.5, 0.6) is 0 Å². The normalized spacial score (nSPS) is 15.8. The number of aliphatic hydroxyl groups excluding tert-OH is 1. The Kier molecular flexibility index (Phi) is 7.49. The number of carbonyl (C=O) groups excluding carboxylic acids is 1. The molecule has 1 heterocycles. The van der Waals surface area contributed by atoms with E-state index in [1.807, 2.05) is 0 Å². The van der Waals surface area contributed by atoms with Crippen LogP contribution in [-0.2, 0) is 4.79 Å². The van der Waals surface area contributed by atoms with Gasteiger partial charge >= 0.3 is 190 Å². The van der Waals surface area contributed by atoms with E-state index < -0.39 is 0 Å². The average molecular weight is 578 g/mol. The largest absolute Gasteiger partial charge is 0.395 e. The second kappa shape index (κ2) is 11.1. The molecule has 2 aliphatic rings. The molecule has 0 saturated heterocycles. The second-order valence-electron chi connectivity index (χ2n) is 8.80. The summed E-state index contributed by atoms with van der Waals surface area (Å²) in [6.07, 6.45) is 7.02. The summed E-state index contributed by atoms with van der Waals surface area (Å²) in [6.45, 7) is 0.191. The minimum absolute atomic E-state index is 0.0653. The number of aliphatic hydroxyl groups is 1. The van der Waals surface area contributed by atoms with Crippen molar-refractivity contribution < 1.29 is 31.7 Å². The molecule has 3 aromatic rings. The molecule has 5 rings (SSSR count). The second-order valence-corrected chi connectivity index (χ2v) is 10.4. The number of benzene rings is 3. The number of rotatable bonds is 8. The third kappa shape index (κ3) is 5.44. The zero-order valence-corrected chi connectivity index (χ0v) is 21.6. The van der Waals surface area contributed by atoms with E-state index in [2.05, 4.69) is 85.2 Å². The van der Waals surface area contributed by atoms with Crippen molar-refractivity contribution in [1.82, 2.24) is 5.32 Å². The third-order valence-electron chi connectivity index (χ3n) is 6.51. The van der Waals surface area contributed by atoms with Gasteiger partial charge in [-0.2, -0.15) is 0 Å². The van der Waals surface area contributed by atoms with Gasteiger partial charge < -0.3 is 10.4 Å². The first-order valence-electron chi connectivity index (χ1n) is 12.0. The monoisotopic (exact) mass is 578 g/mol. The molecule has 5 nitrogen and oxygen atoms in total. The molecule has 6 heteroatoms. The standard InChI is InChI=1S/C29H29IN3O2/c34-18-17-31-27(35)16-11-20-9-12-23(13-10-20)29(24-14-15-25-26(19-24)33-30-32-25)28(22-7-4-8-22)21-5-2-1-3-6-21/h1-3,5-6,9-16,19,22,32-34H,4,7-8,17-18H2,(H,31,35)/q-1/b16-11+,29-28-. The number of amides is 1. The molecule has 1 saturated carbocycles. The molecule has 1 amide bonds. The fourth-order valence-corrected chi connectivity index (χ4v) is 6.17. The van der Waals surface area contributed by atoms with Gasteiger partial charge in [-0.1, -0.05) is 0 Å². The van der Waals surface area contributed by atoms with E-state index in [4.69, 9.17) is 5.11 Å². The predicted octanol–water partition coefficient (Wildman–Crippen LogP) is 2.32. The summed E-state index contributed by atoms with van der Waals surface area (Å²) in [5.74, 6) is 0.344. The van der Waals surface area contributed by atoms with Gasteiger partial charge in [-0.15, -0.1) is 0 Å². The van der Waals surface area contributed by atoms with Gasteiger partial charge in [-0.3, -0.25) is 4.79 Å². The van der Waals surface area contributed by atoms with E-state index in [0.29, 0.717) is 5.92 Å². The molecule has 180 valence electrons. The molecular weight excluding hydrogens is 549 g/mol. The number of fused-ring (bicyclic) bond motifs is 1. The molecule has 1 fully saturated rings. The van der Waals surface area contributed by atoms with E-state index in [0.717, 1.165) is 5.56 Å². The number of hydrogen-bond acceptors (Lipinski definition) is 4. The molecule has 1 aliphatic carbocycles. The SMILES string of the molecule is O=C(/C=C/c1ccc(/C(=C(\c2ccccc2)C2CCC2)c2ccc3c(c2)N[I-]N3)cc1)NCCO. The maximum atomic E-state index is 11.9. The number of carbonyl (C=O) groups is 1. The zero-order valence-electron chi connectivity index (χ0n) is 19.4. The average Bonchev–Trinajstić information content (AvgIpc) is 3.34. The van der Waals surface area contributed by atoms with Crippen LogP contribution in [0.15, 0.2) is 78.9 Å². The molecule has 0 radical (unpaired) electrons. The van der Waals surface area contributed by atoms with Gasteiger partial charge in [0.05, 0.1) is 6.61 Å². The van der Waals surface area contributed by atoms with Crippen LogP contribution in [0, 0.1) is 5.92 Å². The van der Waals surface area contributed by atoms with E-state index in [9.17, 15) is 4.79 Å². The Labute approximate surface area is 217 Å². The third-order valence-corrected chi connectivity index (χ3v) is 8.21. The molecule has 0 aromatic heterocycles. The van der Waals surface area contributed by atoms with Crippen molar-refractivity contribution in [1.29, 1.82) is 0 Å². The molecule has 0 unspecified atom stereocenters. The topological polar surface area (TPSA) is 73.4 Å². The number of allylic oxidation sites excluding steroid dienone is 1. The van der Waals surface area contributed by atoms with Crippen LogP contribution >= 0.6 is 0 Å². The Morgan fingerprint density at radius 2 is 1.69 bits per heavy atom. The number of hydrogen-bond donors (Lipinski definition) is 4. The summed E-state index contributed by atoms with van der Waals surface area (Å²) in [7, 11) is 0. The van der Waals surface area contributed by atoms with Crippen LogP contribution in [-0.4, -0.2) is 24.2 Å². The van der Waals surface area contributed by atoms with Gasteiger partial charge in [0, 0.05) is 6.54 Å². The van der Waals surface area contributed by atoms with Crippen LogP contribution in [0.2, 0.25) is 0 Å². The first kappa shape index (κ1) is 23.6. The van der Waals surface area contributed by atoms with Gasteiger partial charge in [-0.05, 0) is 0 Å². The maximum absolute atomic E-state index is 11.9. The number of nitrogens with one attached hydrogen (secondary N) is 3. The summed E-state index contributed by atoms with van der Waals surface area (Å²) in [6, 6.07) is 25.9. The van der Waals surface area contributed by atoms with Crippen molar-refractivity contribution in [2.45, 2.75) is 19.3 Å². The molecule has 0 atom stereocenters. The Morgan fingerprint density at radius 3 is 2.40 bits per heavy atom. The van der Waals surface area contributed by atoms with Crippen molar-refractivity contribution in [3.8, 4) is 0 Å². The van der Waals surface area contributed by atoms with Crippen molar-refractivity contribution in [3.05, 3.63) is 101 Å². The van der Waals surface area contributed by atoms with E-state index in [1.165, 1.54) is 64.5 Å². The fraction of sp³-hybridized carbons (Fsp3) is 0.207. The summed E-state index contributed by atoms with van der Waals surface area (Å²) in [5, 5.41) is 11.5. The molecular formula is C29H29IN3O2-. The Balaban J connectivity index is 1.57. The summed E-state index contributed by atoms with van der Waals surface area (Å²) in [4.78, 5) is 11.9. The molecule has 0 spiro atoms. The van der Waals surface area contributed by atoms with Gasteiger partial charge in [0.15, 0.2) is 0 Å². The van der Waals surface area contributed by atoms with Gasteiger partial charge in [0.2, 0.25) is 0 Å². The maximum Gasteiger partial charge on any atom is 0.0605 e. The summed E-state index contributed by atoms with van der Waals surface area (Å²) < 4.78 is 7.03. The fourth-order valence-electron chi connectivity index (χ4n) is 4.53. The minimum atomic E-state index is -0.230. The van der Waals surface area contributed by atoms with Crippen molar-refractivity contribution in [3.63, 3.8) is 0 Å². The number of halogens is 1. The van der Waals surface area contributed by atoms with Crippen molar-refractivity contribution in [2.75, 3.05) is 20.2 Å². The van der Waals surface area contributed by atoms with E-state index >= 15 is 0 Å². The Morgan fingerprint density at radius 1 is 0.943 bits per heavy atom. The Hall–Kier alpha value is -3.10. The van der Waals surface area contributed by atoms with Crippen LogP contribution < -0.4 is 34.1 Å². The van der Waals surface area contributed by atoms with Gasteiger partial charge in [0.25, 0.3) is 0 Å². The first-order chi connectivity index (χ1) is 17.2. The van der Waals surface area contributed by atoms with E-state index in [-0.39, 0.29) is 40.8 Å². The van der Waals surface area contributed by atoms with Crippen molar-refractivity contribution >= 4 is 34.5 Å². The Bertz CT molecular complexity index is 1250. The van der Waals surface area contributed by atoms with Crippen LogP contribution in [0.3, 0.4) is 0 Å². The van der Waals surface area contributed by atoms with Crippen molar-refractivity contribution in [2.24, 2.45) is 5.92 Å². The smallest absolute Gasteiger partial charge is 0.0605 e. The summed E-state index contributed by atoms with van der Waals surface area (Å²) in [5.41, 5.74) is 9.72. The van der Waals surface area contributed by atoms with Gasteiger partial charge in [-0.25, -0.2) is 0 Å². The quantitative estimate of drug-likeness (QED) is 0.143. The zero-order chi connectivity index (χ0) is 24.0. The van der Waals surface area contributed by atoms with Gasteiger partial charge in [0.1, 0.15) is 0 Å². The van der Waals surface area contributed by atoms with Crippen LogP contribution in [0.4, 0.5) is 11.4 Å². The van der Waals surface area contributed by atoms with Crippen LogP contribution in [0.1, 0.15) is 41.5 Å². The molecule has 3 aromatic carbocycles. The minimum Gasteiger partial charge on any atom is -0.395 e. The molecule has 1 aliphatic heterocycles. The molecule has 4 N–H and O–H groups in total.